The summed E-state index contributed by atoms with van der Waals surface area (Å²) < 4.78 is 0. The van der Waals surface area contributed by atoms with Crippen molar-refractivity contribution in [3.8, 4) is 12.1 Å². The highest BCUT2D eigenvalue weighted by Gasteiger charge is 2.21. The van der Waals surface area contributed by atoms with E-state index < -0.39 is 5.41 Å². The molecule has 0 aliphatic carbocycles. The zero-order valence-electron chi connectivity index (χ0n) is 6.31. The topological polar surface area (TPSA) is 59.6 Å². The fourth-order valence-corrected chi connectivity index (χ4v) is 0.512. The average molecular weight is 137 g/mol. The molecule has 0 saturated heterocycles. The van der Waals surface area contributed by atoms with E-state index in [-0.39, 0.29) is 0 Å². The summed E-state index contributed by atoms with van der Waals surface area (Å²) in [5.41, 5.74) is -0.816. The molecule has 0 heterocycles. The van der Waals surface area contributed by atoms with Crippen molar-refractivity contribution in [2.45, 2.75) is 13.3 Å². The van der Waals surface area contributed by atoms with Gasteiger partial charge >= 0.3 is 0 Å². The van der Waals surface area contributed by atoms with Crippen molar-refractivity contribution >= 4 is 0 Å². The first-order chi connectivity index (χ1) is 4.68. The van der Waals surface area contributed by atoms with Crippen LogP contribution in [-0.4, -0.2) is 13.6 Å². The van der Waals surface area contributed by atoms with Crippen LogP contribution in [0.15, 0.2) is 0 Å². The van der Waals surface area contributed by atoms with Crippen molar-refractivity contribution in [3.63, 3.8) is 0 Å². The lowest BCUT2D eigenvalue weighted by molar-refractivity contribution is 0.512. The maximum absolute atomic E-state index is 8.51. The molecular formula is C7H11N3. The Bertz CT molecular complexity index is 158. The number of hydrogen-bond donors (Lipinski definition) is 1. The number of rotatable bonds is 3. The van der Waals surface area contributed by atoms with Crippen LogP contribution in [0.5, 0.6) is 0 Å². The van der Waals surface area contributed by atoms with Gasteiger partial charge < -0.3 is 5.32 Å². The van der Waals surface area contributed by atoms with Crippen molar-refractivity contribution in [1.82, 2.24) is 5.32 Å². The Morgan fingerprint density at radius 2 is 1.90 bits per heavy atom. The third kappa shape index (κ3) is 2.48. The van der Waals surface area contributed by atoms with Gasteiger partial charge in [0.2, 0.25) is 0 Å². The Hall–Kier alpha value is -1.06. The molecule has 0 aromatic carbocycles. The standard InChI is InChI=1S/C7H11N3/c1-7(5-8,6-9)3-4-10-2/h10H,3-4H2,1-2H3. The number of nitriles is 2. The Labute approximate surface area is 61.3 Å². The van der Waals surface area contributed by atoms with Gasteiger partial charge in [0.1, 0.15) is 5.41 Å². The molecule has 10 heavy (non-hydrogen) atoms. The second-order valence-corrected chi connectivity index (χ2v) is 2.41. The molecule has 54 valence electrons. The molecule has 0 fully saturated rings. The van der Waals surface area contributed by atoms with Gasteiger partial charge in [-0.05, 0) is 26.9 Å². The van der Waals surface area contributed by atoms with Crippen molar-refractivity contribution in [3.05, 3.63) is 0 Å². The average Bonchev–Trinajstić information content (AvgIpc) is 2.00. The zero-order valence-corrected chi connectivity index (χ0v) is 6.31. The summed E-state index contributed by atoms with van der Waals surface area (Å²) in [5, 5.41) is 19.9. The molecule has 0 spiro atoms. The molecule has 0 bridgehead atoms. The first kappa shape index (κ1) is 8.94. The molecule has 0 amide bonds. The molecule has 3 heteroatoms. The summed E-state index contributed by atoms with van der Waals surface area (Å²) in [4.78, 5) is 0. The van der Waals surface area contributed by atoms with Gasteiger partial charge in [-0.3, -0.25) is 0 Å². The fourth-order valence-electron chi connectivity index (χ4n) is 0.512. The monoisotopic (exact) mass is 137 g/mol. The van der Waals surface area contributed by atoms with Gasteiger partial charge in [-0.2, -0.15) is 10.5 Å². The van der Waals surface area contributed by atoms with E-state index in [1.807, 2.05) is 12.1 Å². The third-order valence-corrected chi connectivity index (χ3v) is 1.37. The molecule has 0 atom stereocenters. The van der Waals surface area contributed by atoms with E-state index in [0.29, 0.717) is 13.0 Å². The minimum atomic E-state index is -0.816. The molecule has 0 saturated carbocycles. The van der Waals surface area contributed by atoms with Gasteiger partial charge in [-0.1, -0.05) is 0 Å². The van der Waals surface area contributed by atoms with Gasteiger partial charge in [0.05, 0.1) is 12.1 Å². The van der Waals surface area contributed by atoms with Crippen molar-refractivity contribution < 1.29 is 0 Å². The smallest absolute Gasteiger partial charge is 0.142 e. The highest BCUT2D eigenvalue weighted by Crippen LogP contribution is 2.16. The van der Waals surface area contributed by atoms with Gasteiger partial charge in [0.15, 0.2) is 0 Å². The molecule has 0 radical (unpaired) electrons. The molecule has 1 N–H and O–H groups in total. The van der Waals surface area contributed by atoms with E-state index in [2.05, 4.69) is 5.32 Å². The van der Waals surface area contributed by atoms with Gasteiger partial charge in [0, 0.05) is 0 Å². The van der Waals surface area contributed by atoms with E-state index in [1.54, 1.807) is 14.0 Å². The van der Waals surface area contributed by atoms with Crippen LogP contribution in [0.2, 0.25) is 0 Å². The largest absolute Gasteiger partial charge is 0.320 e. The second-order valence-electron chi connectivity index (χ2n) is 2.41. The highest BCUT2D eigenvalue weighted by molar-refractivity contribution is 5.10. The van der Waals surface area contributed by atoms with Crippen LogP contribution in [0.1, 0.15) is 13.3 Å². The molecule has 0 rings (SSSR count). The van der Waals surface area contributed by atoms with Crippen LogP contribution in [-0.2, 0) is 0 Å². The van der Waals surface area contributed by atoms with Gasteiger partial charge in [0.25, 0.3) is 0 Å². The zero-order chi connectivity index (χ0) is 8.04. The highest BCUT2D eigenvalue weighted by atomic mass is 14.8. The normalized spacial score (nSPS) is 10.0. The molecular weight excluding hydrogens is 126 g/mol. The maximum atomic E-state index is 8.51. The van der Waals surface area contributed by atoms with Gasteiger partial charge in [-0.15, -0.1) is 0 Å². The molecule has 0 unspecified atom stereocenters. The van der Waals surface area contributed by atoms with E-state index in [0.717, 1.165) is 0 Å². The molecule has 0 aliphatic rings. The summed E-state index contributed by atoms with van der Waals surface area (Å²) in [6, 6.07) is 3.92. The first-order valence-electron chi connectivity index (χ1n) is 3.15. The fraction of sp³-hybridized carbons (Fsp3) is 0.714. The lowest BCUT2D eigenvalue weighted by Crippen LogP contribution is -2.19. The third-order valence-electron chi connectivity index (χ3n) is 1.37. The summed E-state index contributed by atoms with van der Waals surface area (Å²) in [5.74, 6) is 0. The Morgan fingerprint density at radius 3 is 2.20 bits per heavy atom. The van der Waals surface area contributed by atoms with E-state index in [1.165, 1.54) is 0 Å². The molecule has 0 aliphatic heterocycles. The summed E-state index contributed by atoms with van der Waals surface area (Å²) in [7, 11) is 1.80. The lowest BCUT2D eigenvalue weighted by Gasteiger charge is -2.09. The quantitative estimate of drug-likeness (QED) is 0.621. The molecule has 3 nitrogen and oxygen atoms in total. The Kier molecular flexibility index (Phi) is 3.46. The van der Waals surface area contributed by atoms with Gasteiger partial charge in [-0.25, -0.2) is 0 Å². The molecule has 0 aromatic heterocycles. The SMILES string of the molecule is CNCCC(C)(C#N)C#N. The minimum Gasteiger partial charge on any atom is -0.320 e. The predicted octanol–water partition coefficient (Wildman–Crippen LogP) is 0.649. The van der Waals surface area contributed by atoms with Crippen LogP contribution in [0.3, 0.4) is 0 Å². The van der Waals surface area contributed by atoms with E-state index in [4.69, 9.17) is 10.5 Å². The van der Waals surface area contributed by atoms with Crippen molar-refractivity contribution in [1.29, 1.82) is 10.5 Å². The first-order valence-corrected chi connectivity index (χ1v) is 3.15. The van der Waals surface area contributed by atoms with Crippen molar-refractivity contribution in [2.24, 2.45) is 5.41 Å². The second kappa shape index (κ2) is 3.87. The number of hydrogen-bond acceptors (Lipinski definition) is 3. The Balaban J connectivity index is 3.88. The molecule has 0 aromatic rings. The van der Waals surface area contributed by atoms with Crippen LogP contribution < -0.4 is 5.32 Å². The summed E-state index contributed by atoms with van der Waals surface area (Å²) >= 11 is 0. The number of nitrogens with zero attached hydrogens (tertiary/aromatic N) is 2. The van der Waals surface area contributed by atoms with E-state index in [9.17, 15) is 0 Å². The van der Waals surface area contributed by atoms with Crippen LogP contribution in [0.25, 0.3) is 0 Å². The minimum absolute atomic E-state index is 0.580. The van der Waals surface area contributed by atoms with E-state index >= 15 is 0 Å². The van der Waals surface area contributed by atoms with Crippen molar-refractivity contribution in [2.75, 3.05) is 13.6 Å². The van der Waals surface area contributed by atoms with Crippen LogP contribution in [0.4, 0.5) is 0 Å². The maximum Gasteiger partial charge on any atom is 0.142 e. The van der Waals surface area contributed by atoms with Crippen LogP contribution >= 0.6 is 0 Å². The lowest BCUT2D eigenvalue weighted by atomic mass is 9.91. The summed E-state index contributed by atoms with van der Waals surface area (Å²) in [6.45, 7) is 2.35. The summed E-state index contributed by atoms with van der Waals surface area (Å²) in [6.07, 6.45) is 0.580. The Morgan fingerprint density at radius 1 is 1.40 bits per heavy atom. The van der Waals surface area contributed by atoms with Crippen LogP contribution in [0, 0.1) is 28.1 Å². The number of nitrogens with one attached hydrogen (secondary N) is 1. The predicted molar refractivity (Wildman–Crippen MR) is 37.9 cm³/mol.